The molecule has 18 heteroatoms. The molecule has 2 saturated heterocycles. The van der Waals surface area contributed by atoms with Crippen molar-refractivity contribution in [1.82, 2.24) is 34.2 Å². The van der Waals surface area contributed by atoms with Gasteiger partial charge < -0.3 is 24.5 Å². The van der Waals surface area contributed by atoms with Gasteiger partial charge in [0, 0.05) is 93.0 Å². The van der Waals surface area contributed by atoms with Crippen LogP contribution >= 0.6 is 15.9 Å². The van der Waals surface area contributed by atoms with Crippen molar-refractivity contribution < 1.29 is 29.1 Å². The number of rotatable bonds is 9. The van der Waals surface area contributed by atoms with Gasteiger partial charge in [-0.2, -0.15) is 0 Å². The lowest BCUT2D eigenvalue weighted by Gasteiger charge is -2.36. The van der Waals surface area contributed by atoms with Crippen LogP contribution in [0.1, 0.15) is 80.3 Å². The molecule has 65 heavy (non-hydrogen) atoms. The monoisotopic (exact) mass is 942 g/mol. The van der Waals surface area contributed by atoms with Crippen LogP contribution in [-0.4, -0.2) is 102 Å². The number of nitrogens with zero attached hydrogens (tertiary/aromatic N) is 8. The standard InChI is InChI=1S/C47H47BrN10O7/c1-47(2)20-26-18-37-46(65)57(15-14-56(37)38(26)21-47)41-33(25-59)30(8-9-49-41)27-17-35(45(64)53(3)23-27)51-39-6-4-29(22-50-39)55-12-10-54(11-13-55)24-28-16-31-32(19-34(28)48)44(63)58(43(31)62)36-5-7-40(60)52-42(36)61/h4,6,8-9,16-19,22-23,36,59H,5,7,10-15,20-21,24-25H2,1-3H3,(H,50,51)(H,52,60,61). The number of piperazine rings is 1. The van der Waals surface area contributed by atoms with Gasteiger partial charge in [-0.1, -0.05) is 29.8 Å². The van der Waals surface area contributed by atoms with Crippen molar-refractivity contribution in [3.8, 4) is 11.1 Å². The van der Waals surface area contributed by atoms with Crippen LogP contribution in [0.2, 0.25) is 0 Å². The molecule has 1 aromatic carbocycles. The fourth-order valence-corrected chi connectivity index (χ4v) is 10.5. The van der Waals surface area contributed by atoms with Crippen LogP contribution in [0.4, 0.5) is 23.0 Å². The maximum atomic E-state index is 14.0. The van der Waals surface area contributed by atoms with Crippen molar-refractivity contribution in [1.29, 1.82) is 0 Å². The number of fused-ring (bicyclic) bond motifs is 4. The fraction of sp³-hybridized carbons (Fsp3) is 0.362. The first-order valence-electron chi connectivity index (χ1n) is 21.8. The van der Waals surface area contributed by atoms with E-state index in [0.29, 0.717) is 84.3 Å². The number of halogens is 1. The van der Waals surface area contributed by atoms with Crippen molar-refractivity contribution in [3.05, 3.63) is 115 Å². The summed E-state index contributed by atoms with van der Waals surface area (Å²) in [6.45, 7) is 8.57. The summed E-state index contributed by atoms with van der Waals surface area (Å²) in [6.07, 6.45) is 7.11. The van der Waals surface area contributed by atoms with Crippen molar-refractivity contribution in [3.63, 3.8) is 0 Å². The third kappa shape index (κ3) is 7.52. The highest BCUT2D eigenvalue weighted by molar-refractivity contribution is 9.10. The van der Waals surface area contributed by atoms with E-state index in [0.717, 1.165) is 29.0 Å². The number of amides is 5. The second-order valence-corrected chi connectivity index (χ2v) is 19.1. The maximum Gasteiger partial charge on any atom is 0.276 e. The van der Waals surface area contributed by atoms with Gasteiger partial charge in [0.2, 0.25) is 11.8 Å². The molecule has 0 saturated carbocycles. The minimum atomic E-state index is -1.02. The van der Waals surface area contributed by atoms with E-state index >= 15 is 0 Å². The Hall–Kier alpha value is -6.50. The number of aliphatic hydroxyl groups is 1. The molecule has 5 aromatic rings. The van der Waals surface area contributed by atoms with Crippen molar-refractivity contribution in [2.45, 2.75) is 65.3 Å². The van der Waals surface area contributed by atoms with Crippen molar-refractivity contribution >= 4 is 68.5 Å². The molecule has 5 amide bonds. The van der Waals surface area contributed by atoms with E-state index in [4.69, 9.17) is 0 Å². The summed E-state index contributed by atoms with van der Waals surface area (Å²) in [5.41, 5.74) is 7.33. The Balaban J connectivity index is 0.798. The van der Waals surface area contributed by atoms with Gasteiger partial charge in [0.25, 0.3) is 23.3 Å². The molecule has 2 fully saturated rings. The molecule has 1 unspecified atom stereocenters. The average molecular weight is 944 g/mol. The summed E-state index contributed by atoms with van der Waals surface area (Å²) in [5.74, 6) is -1.42. The summed E-state index contributed by atoms with van der Waals surface area (Å²) < 4.78 is 4.31. The number of hydrogen-bond acceptors (Lipinski definition) is 12. The molecule has 4 aliphatic heterocycles. The average Bonchev–Trinajstić information content (AvgIpc) is 3.86. The number of nitrogens with one attached hydrogen (secondary N) is 2. The number of carbonyl (C=O) groups excluding carboxylic acids is 5. The van der Waals surface area contributed by atoms with E-state index in [1.807, 2.05) is 18.2 Å². The zero-order valence-electron chi connectivity index (χ0n) is 36.2. The predicted molar refractivity (Wildman–Crippen MR) is 244 cm³/mol. The van der Waals surface area contributed by atoms with Gasteiger partial charge >= 0.3 is 0 Å². The Morgan fingerprint density at radius 3 is 2.37 bits per heavy atom. The van der Waals surface area contributed by atoms with E-state index < -0.39 is 29.7 Å². The summed E-state index contributed by atoms with van der Waals surface area (Å²) in [7, 11) is 1.66. The molecule has 8 heterocycles. The first-order valence-corrected chi connectivity index (χ1v) is 22.5. The molecule has 0 radical (unpaired) electrons. The third-order valence-electron chi connectivity index (χ3n) is 13.3. The number of aromatic nitrogens is 4. The topological polar surface area (TPSA) is 195 Å². The van der Waals surface area contributed by atoms with Gasteiger partial charge in [-0.3, -0.25) is 48.8 Å². The number of piperidine rings is 1. The zero-order valence-corrected chi connectivity index (χ0v) is 37.8. The summed E-state index contributed by atoms with van der Waals surface area (Å²) in [4.78, 5) is 94.7. The van der Waals surface area contributed by atoms with E-state index in [1.54, 1.807) is 54.8 Å². The van der Waals surface area contributed by atoms with Crippen LogP contribution < -0.4 is 26.0 Å². The number of imide groups is 2. The quantitative estimate of drug-likeness (QED) is 0.179. The van der Waals surface area contributed by atoms with Crippen LogP contribution in [0, 0.1) is 5.41 Å². The van der Waals surface area contributed by atoms with Crippen LogP contribution in [0.3, 0.4) is 0 Å². The number of benzene rings is 1. The predicted octanol–water partition coefficient (Wildman–Crippen LogP) is 4.15. The number of aliphatic hydroxyl groups excluding tert-OH is 1. The highest BCUT2D eigenvalue weighted by Gasteiger charge is 2.45. The molecule has 334 valence electrons. The lowest BCUT2D eigenvalue weighted by molar-refractivity contribution is -0.136. The molecule has 4 aromatic heterocycles. The number of anilines is 4. The summed E-state index contributed by atoms with van der Waals surface area (Å²) in [6, 6.07) is 11.6. The Labute approximate surface area is 382 Å². The Kier molecular flexibility index (Phi) is 10.6. The number of hydrogen-bond donors (Lipinski definition) is 3. The summed E-state index contributed by atoms with van der Waals surface area (Å²) >= 11 is 3.60. The van der Waals surface area contributed by atoms with E-state index in [1.165, 1.54) is 15.8 Å². The highest BCUT2D eigenvalue weighted by atomic mass is 79.9. The molecule has 0 spiro atoms. The van der Waals surface area contributed by atoms with Gasteiger partial charge in [0.15, 0.2) is 0 Å². The lowest BCUT2D eigenvalue weighted by atomic mass is 9.90. The minimum absolute atomic E-state index is 0.0573. The fourth-order valence-electron chi connectivity index (χ4n) is 10.0. The Bertz CT molecular complexity index is 2920. The van der Waals surface area contributed by atoms with E-state index in [9.17, 15) is 33.9 Å². The lowest BCUT2D eigenvalue weighted by Crippen LogP contribution is -2.54. The van der Waals surface area contributed by atoms with E-state index in [2.05, 4.69) is 64.7 Å². The number of aryl methyl sites for hydroxylation is 1. The van der Waals surface area contributed by atoms with Crippen molar-refractivity contribution in [2.24, 2.45) is 12.5 Å². The van der Waals surface area contributed by atoms with Crippen LogP contribution in [0.5, 0.6) is 0 Å². The summed E-state index contributed by atoms with van der Waals surface area (Å²) in [5, 5.41) is 16.2. The third-order valence-corrected chi connectivity index (χ3v) is 14.1. The second-order valence-electron chi connectivity index (χ2n) is 18.2. The molecule has 10 rings (SSSR count). The maximum absolute atomic E-state index is 14.0. The van der Waals surface area contributed by atoms with Gasteiger partial charge in [0.05, 0.1) is 29.6 Å². The van der Waals surface area contributed by atoms with Crippen molar-refractivity contribution in [2.75, 3.05) is 47.8 Å². The number of carbonyl (C=O) groups is 5. The largest absolute Gasteiger partial charge is 0.392 e. The van der Waals surface area contributed by atoms with Crippen LogP contribution in [0.15, 0.2) is 70.3 Å². The van der Waals surface area contributed by atoms with Crippen LogP contribution in [0.25, 0.3) is 11.1 Å². The van der Waals surface area contributed by atoms with Gasteiger partial charge in [0.1, 0.15) is 29.1 Å². The molecule has 3 N–H and O–H groups in total. The van der Waals surface area contributed by atoms with Gasteiger partial charge in [-0.25, -0.2) is 9.97 Å². The smallest absolute Gasteiger partial charge is 0.276 e. The first kappa shape index (κ1) is 42.5. The Morgan fingerprint density at radius 2 is 1.65 bits per heavy atom. The molecule has 0 bridgehead atoms. The normalized spacial score (nSPS) is 19.4. The zero-order chi connectivity index (χ0) is 45.5. The van der Waals surface area contributed by atoms with Crippen LogP contribution in [-0.2, 0) is 49.2 Å². The molecule has 1 atom stereocenters. The van der Waals surface area contributed by atoms with Gasteiger partial charge in [-0.05, 0) is 83.8 Å². The van der Waals surface area contributed by atoms with Gasteiger partial charge in [-0.15, -0.1) is 0 Å². The number of pyridine rings is 3. The minimum Gasteiger partial charge on any atom is -0.392 e. The molecule has 1 aliphatic carbocycles. The second kappa shape index (κ2) is 16.2. The van der Waals surface area contributed by atoms with E-state index in [-0.39, 0.29) is 53.1 Å². The SMILES string of the molecule is Cn1cc(-c2ccnc(N3CCn4c(cc5c4CC(C)(C)C5)C3=O)c2CO)cc(Nc2ccc(N3CCN(Cc4cc5c(cc4Br)C(=O)N(C4CCC(=O)NC4=O)C5=O)CC3)cn2)c1=O. The molecule has 5 aliphatic rings. The Morgan fingerprint density at radius 1 is 0.877 bits per heavy atom. The molecular weight excluding hydrogens is 896 g/mol. The molecule has 17 nitrogen and oxygen atoms in total. The molecular formula is C47H47BrN10O7. The first-order chi connectivity index (χ1) is 31.2. The highest BCUT2D eigenvalue weighted by Crippen LogP contribution is 2.40.